The molecular formula is C16H17IrN2-. The van der Waals surface area contributed by atoms with Gasteiger partial charge in [0.15, 0.2) is 0 Å². The molecule has 0 aliphatic rings. The van der Waals surface area contributed by atoms with Crippen molar-refractivity contribution < 1.29 is 20.1 Å². The normalized spacial score (nSPS) is 11.8. The molecule has 1 radical (unpaired) electrons. The van der Waals surface area contributed by atoms with Crippen LogP contribution in [-0.2, 0) is 25.5 Å². The first kappa shape index (κ1) is 14.2. The molecule has 0 amide bonds. The minimum atomic E-state index is 0. The van der Waals surface area contributed by atoms with Gasteiger partial charge in [-0.1, -0.05) is 26.3 Å². The number of imidazole rings is 1. The molecule has 0 N–H and O–H groups in total. The number of rotatable bonds is 0. The first-order chi connectivity index (χ1) is 8.48. The number of hydrogen-bond donors (Lipinski definition) is 0. The summed E-state index contributed by atoms with van der Waals surface area (Å²) in [6.07, 6.45) is 4.16. The topological polar surface area (TPSA) is 17.3 Å². The Morgan fingerprint density at radius 1 is 1.26 bits per heavy atom. The van der Waals surface area contributed by atoms with Crippen molar-refractivity contribution in [2.45, 2.75) is 33.1 Å². The maximum atomic E-state index is 4.59. The fourth-order valence-electron chi connectivity index (χ4n) is 2.45. The molecule has 0 saturated carbocycles. The molecule has 2 aromatic heterocycles. The Hall–Kier alpha value is -1.18. The van der Waals surface area contributed by atoms with E-state index >= 15 is 0 Å². The Morgan fingerprint density at radius 3 is 2.68 bits per heavy atom. The van der Waals surface area contributed by atoms with Crippen LogP contribution in [0.25, 0.3) is 16.4 Å². The minimum absolute atomic E-state index is 0. The number of hydrogen-bond acceptors (Lipinski definition) is 1. The van der Waals surface area contributed by atoms with Crippen molar-refractivity contribution in [2.75, 3.05) is 0 Å². The number of fused-ring (bicyclic) bond motifs is 3. The van der Waals surface area contributed by atoms with Crippen LogP contribution in [0, 0.1) is 13.0 Å². The van der Waals surface area contributed by atoms with Gasteiger partial charge in [-0.25, -0.2) is 0 Å². The second-order valence-corrected chi connectivity index (χ2v) is 5.86. The van der Waals surface area contributed by atoms with Crippen LogP contribution in [0.3, 0.4) is 0 Å². The van der Waals surface area contributed by atoms with E-state index in [9.17, 15) is 0 Å². The van der Waals surface area contributed by atoms with Crippen molar-refractivity contribution in [1.82, 2.24) is 9.38 Å². The third-order valence-electron chi connectivity index (χ3n) is 3.39. The van der Waals surface area contributed by atoms with Crippen molar-refractivity contribution >= 4 is 16.4 Å². The largest absolute Gasteiger partial charge is 0.344 e. The van der Waals surface area contributed by atoms with Gasteiger partial charge in [-0.3, -0.25) is 4.98 Å². The van der Waals surface area contributed by atoms with E-state index < -0.39 is 0 Å². The quantitative estimate of drug-likeness (QED) is 0.496. The molecule has 3 aromatic rings. The van der Waals surface area contributed by atoms with Crippen LogP contribution in [-0.4, -0.2) is 9.38 Å². The van der Waals surface area contributed by atoms with Gasteiger partial charge in [0.25, 0.3) is 0 Å². The summed E-state index contributed by atoms with van der Waals surface area (Å²) in [7, 11) is 0. The monoisotopic (exact) mass is 430 g/mol. The molecule has 2 nitrogen and oxygen atoms in total. The molecule has 0 saturated heterocycles. The Labute approximate surface area is 127 Å². The molecule has 0 fully saturated rings. The maximum Gasteiger partial charge on any atom is 0.0606 e. The summed E-state index contributed by atoms with van der Waals surface area (Å²) in [6, 6.07) is 9.43. The van der Waals surface area contributed by atoms with Crippen LogP contribution >= 0.6 is 0 Å². The summed E-state index contributed by atoms with van der Waals surface area (Å²) in [5, 5.41) is 2.34. The van der Waals surface area contributed by atoms with E-state index in [-0.39, 0.29) is 25.5 Å². The van der Waals surface area contributed by atoms with Crippen LogP contribution < -0.4 is 0 Å². The number of aryl methyl sites for hydroxylation is 1. The minimum Gasteiger partial charge on any atom is -0.344 e. The van der Waals surface area contributed by atoms with E-state index in [1.165, 1.54) is 16.6 Å². The molecule has 0 unspecified atom stereocenters. The molecule has 0 bridgehead atoms. The third kappa shape index (κ3) is 2.22. The SMILES string of the molecule is Cc1cn2c(C(C)(C)C)cnc2c2[c-]cccc12.[Ir]. The van der Waals surface area contributed by atoms with Crippen LogP contribution in [0.2, 0.25) is 0 Å². The number of benzene rings is 1. The second kappa shape index (κ2) is 4.73. The predicted molar refractivity (Wildman–Crippen MR) is 75.0 cm³/mol. The van der Waals surface area contributed by atoms with Crippen LogP contribution in [0.5, 0.6) is 0 Å². The number of nitrogens with zero attached hydrogens (tertiary/aromatic N) is 2. The molecule has 19 heavy (non-hydrogen) atoms. The Balaban J connectivity index is 0.00000133. The third-order valence-corrected chi connectivity index (χ3v) is 3.39. The maximum absolute atomic E-state index is 4.59. The van der Waals surface area contributed by atoms with Gasteiger partial charge in [0.1, 0.15) is 0 Å². The zero-order valence-corrected chi connectivity index (χ0v) is 14.0. The van der Waals surface area contributed by atoms with E-state index in [2.05, 4.69) is 55.4 Å². The van der Waals surface area contributed by atoms with Crippen LogP contribution in [0.15, 0.2) is 30.6 Å². The van der Waals surface area contributed by atoms with Gasteiger partial charge in [0, 0.05) is 37.4 Å². The summed E-state index contributed by atoms with van der Waals surface area (Å²) < 4.78 is 2.20. The van der Waals surface area contributed by atoms with Crippen molar-refractivity contribution in [3.8, 4) is 0 Å². The first-order valence-corrected chi connectivity index (χ1v) is 6.26. The Kier molecular flexibility index (Phi) is 3.55. The van der Waals surface area contributed by atoms with E-state index in [4.69, 9.17) is 0 Å². The Bertz CT molecular complexity index is 735. The number of pyridine rings is 1. The molecule has 0 spiro atoms. The summed E-state index contributed by atoms with van der Waals surface area (Å²) >= 11 is 0. The van der Waals surface area contributed by atoms with Gasteiger partial charge >= 0.3 is 0 Å². The van der Waals surface area contributed by atoms with Crippen molar-refractivity contribution in [3.63, 3.8) is 0 Å². The van der Waals surface area contributed by atoms with E-state index in [0.717, 1.165) is 11.0 Å². The van der Waals surface area contributed by atoms with E-state index in [1.807, 2.05) is 18.3 Å². The summed E-state index contributed by atoms with van der Waals surface area (Å²) in [4.78, 5) is 4.59. The van der Waals surface area contributed by atoms with E-state index in [1.54, 1.807) is 0 Å². The fourth-order valence-corrected chi connectivity index (χ4v) is 2.45. The average molecular weight is 430 g/mol. The zero-order chi connectivity index (χ0) is 12.9. The summed E-state index contributed by atoms with van der Waals surface area (Å²) in [5.74, 6) is 0. The molecule has 3 heteroatoms. The van der Waals surface area contributed by atoms with Crippen molar-refractivity contribution in [1.29, 1.82) is 0 Å². The van der Waals surface area contributed by atoms with Gasteiger partial charge < -0.3 is 4.40 Å². The van der Waals surface area contributed by atoms with Crippen molar-refractivity contribution in [2.24, 2.45) is 0 Å². The molecule has 0 aliphatic heterocycles. The fraction of sp³-hybridized carbons (Fsp3) is 0.312. The zero-order valence-electron chi connectivity index (χ0n) is 11.6. The van der Waals surface area contributed by atoms with E-state index in [0.29, 0.717) is 0 Å². The van der Waals surface area contributed by atoms with Crippen LogP contribution in [0.1, 0.15) is 32.0 Å². The van der Waals surface area contributed by atoms with Gasteiger partial charge in [-0.2, -0.15) is 0 Å². The summed E-state index contributed by atoms with van der Waals surface area (Å²) in [6.45, 7) is 8.78. The first-order valence-electron chi connectivity index (χ1n) is 6.26. The Morgan fingerprint density at radius 2 is 2.00 bits per heavy atom. The molecular weight excluding hydrogens is 412 g/mol. The van der Waals surface area contributed by atoms with Crippen molar-refractivity contribution in [3.05, 3.63) is 47.9 Å². The molecule has 0 aliphatic carbocycles. The molecule has 2 heterocycles. The van der Waals surface area contributed by atoms with Gasteiger partial charge in [0.2, 0.25) is 0 Å². The summed E-state index contributed by atoms with van der Waals surface area (Å²) in [5.41, 5.74) is 3.59. The van der Waals surface area contributed by atoms with Gasteiger partial charge in [0.05, 0.1) is 5.65 Å². The molecule has 0 atom stereocenters. The van der Waals surface area contributed by atoms with Crippen LogP contribution in [0.4, 0.5) is 0 Å². The molecule has 1 aromatic carbocycles. The molecule has 3 rings (SSSR count). The predicted octanol–water partition coefficient (Wildman–Crippen LogP) is 3.89. The molecule has 101 valence electrons. The van der Waals surface area contributed by atoms with Gasteiger partial charge in [-0.05, 0) is 13.1 Å². The standard InChI is InChI=1S/C16H17N2.Ir/c1-11-10-18-14(16(2,3)4)9-17-15(18)13-8-6-5-7-12(11)13;/h5-7,9-10H,1-4H3;/q-1;. The second-order valence-electron chi connectivity index (χ2n) is 5.86. The van der Waals surface area contributed by atoms with Gasteiger partial charge in [-0.15, -0.1) is 35.0 Å². The smallest absolute Gasteiger partial charge is 0.0606 e. The average Bonchev–Trinajstić information content (AvgIpc) is 2.73. The number of aromatic nitrogens is 2.